The Kier molecular flexibility index (Phi) is 14.4. The highest BCUT2D eigenvalue weighted by Crippen LogP contribution is 2.36. The number of aromatic nitrogens is 4. The summed E-state index contributed by atoms with van der Waals surface area (Å²) in [5.74, 6) is -1.39. The van der Waals surface area contributed by atoms with Gasteiger partial charge >= 0.3 is 6.18 Å². The van der Waals surface area contributed by atoms with Gasteiger partial charge in [-0.05, 0) is 32.0 Å². The lowest BCUT2D eigenvalue weighted by atomic mass is 10.1. The van der Waals surface area contributed by atoms with E-state index in [1.807, 2.05) is 0 Å². The minimum atomic E-state index is -4.81. The van der Waals surface area contributed by atoms with Crippen LogP contribution in [0.4, 0.5) is 29.2 Å². The van der Waals surface area contributed by atoms with Crippen molar-refractivity contribution >= 4 is 21.7 Å². The smallest absolute Gasteiger partial charge is 0.389 e. The number of nitrogens with zero attached hydrogens (tertiary/aromatic N) is 4. The zero-order chi connectivity index (χ0) is 34.5. The summed E-state index contributed by atoms with van der Waals surface area (Å²) in [5, 5.41) is 16.5. The van der Waals surface area contributed by atoms with Crippen LogP contribution in [-0.4, -0.2) is 105 Å². The lowest BCUT2D eigenvalue weighted by molar-refractivity contribution is -0.137. The lowest BCUT2D eigenvalue weighted by Crippen LogP contribution is -2.28. The third-order valence-electron chi connectivity index (χ3n) is 5.96. The zero-order valence-corrected chi connectivity index (χ0v) is 26.7. The summed E-state index contributed by atoms with van der Waals surface area (Å²) in [6, 6.07) is 2.95. The zero-order valence-electron chi connectivity index (χ0n) is 25.9. The third kappa shape index (κ3) is 13.0. The second-order valence-corrected chi connectivity index (χ2v) is 12.4. The molecule has 3 rings (SSSR count). The molecule has 19 heteroatoms. The number of rotatable bonds is 21. The first-order valence-electron chi connectivity index (χ1n) is 14.5. The van der Waals surface area contributed by atoms with E-state index in [-0.39, 0.29) is 55.0 Å². The number of anilines is 2. The van der Waals surface area contributed by atoms with Crippen molar-refractivity contribution in [3.8, 4) is 11.3 Å². The van der Waals surface area contributed by atoms with Gasteiger partial charge in [-0.15, -0.1) is 0 Å². The third-order valence-corrected chi connectivity index (χ3v) is 7.42. The Morgan fingerprint density at radius 3 is 2.15 bits per heavy atom. The molecule has 0 saturated heterocycles. The summed E-state index contributed by atoms with van der Waals surface area (Å²) in [4.78, 5) is 7.22. The number of hydrogen-bond acceptors (Lipinski definition) is 12. The van der Waals surface area contributed by atoms with Crippen molar-refractivity contribution in [1.82, 2.24) is 24.5 Å². The van der Waals surface area contributed by atoms with Crippen LogP contribution in [0.25, 0.3) is 11.3 Å². The molecule has 14 nitrogen and oxygen atoms in total. The number of alkyl halides is 3. The van der Waals surface area contributed by atoms with Crippen molar-refractivity contribution in [2.45, 2.75) is 37.1 Å². The quantitative estimate of drug-likeness (QED) is 0.0945. The van der Waals surface area contributed by atoms with Gasteiger partial charge in [-0.25, -0.2) is 27.5 Å². The standard InChI is InChI=1S/C28H39F4N7O7S/c1-27(2,40)19-39-18-20(16-35-39)25-22(28(30,31)32)17-34-26(38-25)37-24-4-3-21(15-23(24)29)47(41,42)36-6-8-44-10-12-46-14-13-45-11-9-43-7-5-33/h3-4,15-18,36,40H,5-14,19,33H2,1-2H3,(H,34,37,38). The number of ether oxygens (including phenoxy) is 4. The molecule has 2 heterocycles. The van der Waals surface area contributed by atoms with Gasteiger partial charge in [0.05, 0.1) is 87.5 Å². The predicted molar refractivity (Wildman–Crippen MR) is 162 cm³/mol. The van der Waals surface area contributed by atoms with E-state index in [0.717, 1.165) is 24.4 Å². The SMILES string of the molecule is CC(C)(O)Cn1cc(-c2nc(Nc3ccc(S(=O)(=O)NCCOCCOCCOCCOCCN)cc3F)ncc2C(F)(F)F)cn1. The van der Waals surface area contributed by atoms with Gasteiger partial charge in [0, 0.05) is 31.0 Å². The first-order chi connectivity index (χ1) is 22.2. The van der Waals surface area contributed by atoms with Gasteiger partial charge in [0.1, 0.15) is 11.4 Å². The first-order valence-corrected chi connectivity index (χ1v) is 15.9. The second kappa shape index (κ2) is 17.7. The van der Waals surface area contributed by atoms with Crippen molar-refractivity contribution in [1.29, 1.82) is 0 Å². The number of sulfonamides is 1. The normalized spacial score (nSPS) is 12.5. The topological polar surface area (TPSA) is 185 Å². The molecule has 0 aliphatic carbocycles. The molecule has 0 aliphatic heterocycles. The summed E-state index contributed by atoms with van der Waals surface area (Å²) in [5.41, 5.74) is 2.16. The Balaban J connectivity index is 1.52. The van der Waals surface area contributed by atoms with Crippen LogP contribution in [0.15, 0.2) is 41.7 Å². The fourth-order valence-corrected chi connectivity index (χ4v) is 4.92. The largest absolute Gasteiger partial charge is 0.419 e. The molecule has 0 aliphatic rings. The molecule has 3 aromatic rings. The summed E-state index contributed by atoms with van der Waals surface area (Å²) >= 11 is 0. The van der Waals surface area contributed by atoms with Gasteiger partial charge in [-0.3, -0.25) is 4.68 Å². The monoisotopic (exact) mass is 693 g/mol. The summed E-state index contributed by atoms with van der Waals surface area (Å²) in [6.07, 6.45) is -1.83. The van der Waals surface area contributed by atoms with Crippen molar-refractivity contribution in [3.63, 3.8) is 0 Å². The molecule has 0 bridgehead atoms. The minimum Gasteiger partial charge on any atom is -0.389 e. The second-order valence-electron chi connectivity index (χ2n) is 10.6. The predicted octanol–water partition coefficient (Wildman–Crippen LogP) is 2.32. The Bertz CT molecular complexity index is 1520. The summed E-state index contributed by atoms with van der Waals surface area (Å²) in [6.45, 7) is 6.00. The van der Waals surface area contributed by atoms with Crippen LogP contribution >= 0.6 is 0 Å². The highest BCUT2D eigenvalue weighted by molar-refractivity contribution is 7.89. The van der Waals surface area contributed by atoms with Crippen LogP contribution < -0.4 is 15.8 Å². The molecule has 5 N–H and O–H groups in total. The van der Waals surface area contributed by atoms with Gasteiger partial charge in [0.2, 0.25) is 16.0 Å². The molecule has 47 heavy (non-hydrogen) atoms. The molecule has 2 aromatic heterocycles. The van der Waals surface area contributed by atoms with E-state index < -0.39 is 38.9 Å². The molecule has 0 atom stereocenters. The van der Waals surface area contributed by atoms with Gasteiger partial charge in [0.15, 0.2) is 0 Å². The van der Waals surface area contributed by atoms with Crippen LogP contribution in [0, 0.1) is 5.82 Å². The van der Waals surface area contributed by atoms with Gasteiger partial charge < -0.3 is 35.1 Å². The average Bonchev–Trinajstić information content (AvgIpc) is 3.44. The van der Waals surface area contributed by atoms with Crippen molar-refractivity contribution < 1.29 is 50.0 Å². The van der Waals surface area contributed by atoms with Crippen molar-refractivity contribution in [2.75, 3.05) is 71.3 Å². The maximum absolute atomic E-state index is 14.9. The Hall–Kier alpha value is -3.30. The lowest BCUT2D eigenvalue weighted by Gasteiger charge is -2.16. The van der Waals surface area contributed by atoms with Crippen molar-refractivity contribution in [2.24, 2.45) is 5.73 Å². The van der Waals surface area contributed by atoms with Crippen LogP contribution in [0.2, 0.25) is 0 Å². The van der Waals surface area contributed by atoms with Crippen LogP contribution in [0.1, 0.15) is 19.4 Å². The number of aliphatic hydroxyl groups is 1. The molecule has 0 saturated carbocycles. The van der Waals surface area contributed by atoms with Crippen molar-refractivity contribution in [3.05, 3.63) is 48.2 Å². The van der Waals surface area contributed by atoms with Crippen LogP contribution in [0.5, 0.6) is 0 Å². The van der Waals surface area contributed by atoms with Crippen LogP contribution in [-0.2, 0) is 41.7 Å². The van der Waals surface area contributed by atoms with E-state index >= 15 is 0 Å². The fraction of sp³-hybridized carbons (Fsp3) is 0.536. The Morgan fingerprint density at radius 1 is 0.957 bits per heavy atom. The molecular weight excluding hydrogens is 654 g/mol. The highest BCUT2D eigenvalue weighted by Gasteiger charge is 2.36. The molecule has 0 radical (unpaired) electrons. The number of benzene rings is 1. The number of halogens is 4. The molecule has 0 fully saturated rings. The number of nitrogens with one attached hydrogen (secondary N) is 2. The average molecular weight is 694 g/mol. The van der Waals surface area contributed by atoms with Gasteiger partial charge in [-0.2, -0.15) is 18.3 Å². The Morgan fingerprint density at radius 2 is 1.57 bits per heavy atom. The molecule has 0 spiro atoms. The maximum atomic E-state index is 14.9. The first kappa shape index (κ1) is 38.2. The maximum Gasteiger partial charge on any atom is 0.419 e. The van der Waals surface area contributed by atoms with Gasteiger partial charge in [0.25, 0.3) is 0 Å². The van der Waals surface area contributed by atoms with E-state index in [9.17, 15) is 31.1 Å². The van der Waals surface area contributed by atoms with E-state index in [4.69, 9.17) is 24.7 Å². The summed E-state index contributed by atoms with van der Waals surface area (Å²) < 4.78 is 106. The molecule has 1 aromatic carbocycles. The van der Waals surface area contributed by atoms with E-state index in [0.29, 0.717) is 45.8 Å². The van der Waals surface area contributed by atoms with E-state index in [1.54, 1.807) is 0 Å². The Labute approximate surface area is 269 Å². The van der Waals surface area contributed by atoms with Crippen LogP contribution in [0.3, 0.4) is 0 Å². The molecule has 0 unspecified atom stereocenters. The minimum absolute atomic E-state index is 0.00601. The highest BCUT2D eigenvalue weighted by atomic mass is 32.2. The fourth-order valence-electron chi connectivity index (χ4n) is 3.90. The number of hydrogen-bond donors (Lipinski definition) is 4. The molecular formula is C28H39F4N7O7S. The van der Waals surface area contributed by atoms with Gasteiger partial charge in [-0.1, -0.05) is 0 Å². The molecule has 262 valence electrons. The van der Waals surface area contributed by atoms with E-state index in [1.165, 1.54) is 24.7 Å². The summed E-state index contributed by atoms with van der Waals surface area (Å²) in [7, 11) is -4.11. The number of nitrogens with two attached hydrogens (primary N) is 1. The molecule has 0 amide bonds. The van der Waals surface area contributed by atoms with E-state index in [2.05, 4.69) is 25.1 Å².